The number of amides is 1. The van der Waals surface area contributed by atoms with Crippen molar-refractivity contribution in [1.29, 1.82) is 0 Å². The first-order chi connectivity index (χ1) is 13.6. The summed E-state index contributed by atoms with van der Waals surface area (Å²) in [5.41, 5.74) is 9.26. The molecule has 1 amide bonds. The topological polar surface area (TPSA) is 85.6 Å². The van der Waals surface area contributed by atoms with Crippen molar-refractivity contribution in [3.63, 3.8) is 0 Å². The quantitative estimate of drug-likeness (QED) is 0.640. The molecule has 28 heavy (non-hydrogen) atoms. The van der Waals surface area contributed by atoms with Crippen LogP contribution >= 0.6 is 0 Å². The number of piperidine rings is 1. The Morgan fingerprint density at radius 2 is 1.96 bits per heavy atom. The van der Waals surface area contributed by atoms with Crippen molar-refractivity contribution in [2.45, 2.75) is 37.9 Å². The highest BCUT2D eigenvalue weighted by atomic mass is 16.5. The SMILES string of the molecule is COc1ccc(-c2ccc(C[C@@H](N)NC(=O)[C@@H]3CCCCN3)cc2)c(OC)c1. The van der Waals surface area contributed by atoms with Crippen LogP contribution < -0.4 is 25.8 Å². The molecule has 1 saturated heterocycles. The molecule has 0 aliphatic carbocycles. The summed E-state index contributed by atoms with van der Waals surface area (Å²) < 4.78 is 10.7. The van der Waals surface area contributed by atoms with Crippen LogP contribution in [0.25, 0.3) is 11.1 Å². The van der Waals surface area contributed by atoms with E-state index in [-0.39, 0.29) is 11.9 Å². The second kappa shape index (κ2) is 9.57. The molecule has 3 rings (SSSR count). The van der Waals surface area contributed by atoms with Crippen LogP contribution in [0.2, 0.25) is 0 Å². The molecule has 2 atom stereocenters. The average Bonchev–Trinajstić information content (AvgIpc) is 2.74. The van der Waals surface area contributed by atoms with Gasteiger partial charge in [-0.1, -0.05) is 30.7 Å². The zero-order chi connectivity index (χ0) is 19.9. The fraction of sp³-hybridized carbons (Fsp3) is 0.409. The maximum absolute atomic E-state index is 12.3. The van der Waals surface area contributed by atoms with Crippen molar-refractivity contribution in [3.8, 4) is 22.6 Å². The van der Waals surface area contributed by atoms with E-state index in [0.29, 0.717) is 6.42 Å². The minimum absolute atomic E-state index is 0.00760. The Balaban J connectivity index is 1.62. The Hall–Kier alpha value is -2.57. The van der Waals surface area contributed by atoms with Crippen LogP contribution in [0, 0.1) is 0 Å². The molecule has 1 aliphatic rings. The molecule has 6 heteroatoms. The summed E-state index contributed by atoms with van der Waals surface area (Å²) in [6, 6.07) is 13.8. The number of benzene rings is 2. The van der Waals surface area contributed by atoms with Gasteiger partial charge in [-0.05, 0) is 42.6 Å². The maximum Gasteiger partial charge on any atom is 0.238 e. The Morgan fingerprint density at radius 3 is 2.61 bits per heavy atom. The van der Waals surface area contributed by atoms with Gasteiger partial charge in [-0.15, -0.1) is 0 Å². The smallest absolute Gasteiger partial charge is 0.238 e. The van der Waals surface area contributed by atoms with Gasteiger partial charge in [0.2, 0.25) is 5.91 Å². The van der Waals surface area contributed by atoms with E-state index in [9.17, 15) is 4.79 Å². The normalized spacial score (nSPS) is 17.6. The first-order valence-corrected chi connectivity index (χ1v) is 9.71. The van der Waals surface area contributed by atoms with E-state index in [1.807, 2.05) is 42.5 Å². The van der Waals surface area contributed by atoms with E-state index in [2.05, 4.69) is 10.6 Å². The van der Waals surface area contributed by atoms with Gasteiger partial charge in [-0.2, -0.15) is 0 Å². The molecule has 0 bridgehead atoms. The van der Waals surface area contributed by atoms with Crippen molar-refractivity contribution in [3.05, 3.63) is 48.0 Å². The largest absolute Gasteiger partial charge is 0.497 e. The van der Waals surface area contributed by atoms with Gasteiger partial charge in [0.1, 0.15) is 11.5 Å². The van der Waals surface area contributed by atoms with E-state index in [1.54, 1.807) is 14.2 Å². The predicted molar refractivity (Wildman–Crippen MR) is 110 cm³/mol. The van der Waals surface area contributed by atoms with Crippen molar-refractivity contribution >= 4 is 5.91 Å². The second-order valence-electron chi connectivity index (χ2n) is 7.08. The standard InChI is InChI=1S/C22H29N3O3/c1-27-17-10-11-18(20(14-17)28-2)16-8-6-15(7-9-16)13-21(23)25-22(26)19-5-3-4-12-24-19/h6-11,14,19,21,24H,3-5,12-13,23H2,1-2H3,(H,25,26)/t19-,21-/m0/s1. The van der Waals surface area contributed by atoms with Gasteiger partial charge in [0.25, 0.3) is 0 Å². The molecule has 1 aliphatic heterocycles. The van der Waals surface area contributed by atoms with E-state index in [1.165, 1.54) is 0 Å². The van der Waals surface area contributed by atoms with Crippen LogP contribution in [0.5, 0.6) is 11.5 Å². The van der Waals surface area contributed by atoms with Crippen LogP contribution in [0.15, 0.2) is 42.5 Å². The van der Waals surface area contributed by atoms with Crippen LogP contribution in [-0.2, 0) is 11.2 Å². The third-order valence-electron chi connectivity index (χ3n) is 5.08. The molecule has 0 saturated carbocycles. The molecule has 0 unspecified atom stereocenters. The summed E-state index contributed by atoms with van der Waals surface area (Å²) >= 11 is 0. The number of rotatable bonds is 7. The van der Waals surface area contributed by atoms with Gasteiger partial charge in [0.15, 0.2) is 0 Å². The van der Waals surface area contributed by atoms with Gasteiger partial charge in [0.05, 0.1) is 26.4 Å². The molecule has 6 nitrogen and oxygen atoms in total. The summed E-state index contributed by atoms with van der Waals surface area (Å²) in [7, 11) is 3.28. The summed E-state index contributed by atoms with van der Waals surface area (Å²) in [5, 5.41) is 6.16. The van der Waals surface area contributed by atoms with Gasteiger partial charge < -0.3 is 25.8 Å². The third kappa shape index (κ3) is 5.03. The highest BCUT2D eigenvalue weighted by Gasteiger charge is 2.21. The Bertz CT molecular complexity index is 786. The number of hydrogen-bond acceptors (Lipinski definition) is 5. The van der Waals surface area contributed by atoms with Crippen molar-refractivity contribution in [1.82, 2.24) is 10.6 Å². The van der Waals surface area contributed by atoms with E-state index in [0.717, 1.165) is 54.0 Å². The molecular formula is C22H29N3O3. The fourth-order valence-electron chi connectivity index (χ4n) is 3.52. The molecule has 0 spiro atoms. The minimum Gasteiger partial charge on any atom is -0.497 e. The second-order valence-corrected chi connectivity index (χ2v) is 7.08. The summed E-state index contributed by atoms with van der Waals surface area (Å²) in [5.74, 6) is 1.51. The molecule has 2 aromatic rings. The number of hydrogen-bond donors (Lipinski definition) is 3. The van der Waals surface area contributed by atoms with Crippen molar-refractivity contribution in [2.75, 3.05) is 20.8 Å². The minimum atomic E-state index is -0.405. The first kappa shape index (κ1) is 20.2. The first-order valence-electron chi connectivity index (χ1n) is 9.71. The number of carbonyl (C=O) groups is 1. The summed E-state index contributed by atoms with van der Waals surface area (Å²) in [6.45, 7) is 0.892. The van der Waals surface area contributed by atoms with E-state index in [4.69, 9.17) is 15.2 Å². The maximum atomic E-state index is 12.3. The summed E-state index contributed by atoms with van der Waals surface area (Å²) in [4.78, 5) is 12.3. The number of nitrogens with one attached hydrogen (secondary N) is 2. The average molecular weight is 383 g/mol. The number of nitrogens with two attached hydrogens (primary N) is 1. The van der Waals surface area contributed by atoms with Crippen LogP contribution in [-0.4, -0.2) is 38.9 Å². The number of carbonyl (C=O) groups excluding carboxylic acids is 1. The van der Waals surface area contributed by atoms with Gasteiger partial charge in [0, 0.05) is 18.1 Å². The van der Waals surface area contributed by atoms with Crippen molar-refractivity contribution in [2.24, 2.45) is 5.73 Å². The predicted octanol–water partition coefficient (Wildman–Crippen LogP) is 2.46. The molecule has 0 aromatic heterocycles. The molecular weight excluding hydrogens is 354 g/mol. The molecule has 0 radical (unpaired) electrons. The van der Waals surface area contributed by atoms with Gasteiger partial charge in [-0.3, -0.25) is 4.79 Å². The van der Waals surface area contributed by atoms with E-state index < -0.39 is 6.17 Å². The Morgan fingerprint density at radius 1 is 1.18 bits per heavy atom. The number of ether oxygens (including phenoxy) is 2. The molecule has 1 fully saturated rings. The lowest BCUT2D eigenvalue weighted by atomic mass is 10.0. The van der Waals surface area contributed by atoms with Crippen LogP contribution in [0.1, 0.15) is 24.8 Å². The van der Waals surface area contributed by atoms with E-state index >= 15 is 0 Å². The molecule has 150 valence electrons. The fourth-order valence-corrected chi connectivity index (χ4v) is 3.52. The lowest BCUT2D eigenvalue weighted by Gasteiger charge is -2.24. The highest BCUT2D eigenvalue weighted by molar-refractivity contribution is 5.82. The summed E-state index contributed by atoms with van der Waals surface area (Å²) in [6.07, 6.45) is 3.25. The lowest BCUT2D eigenvalue weighted by molar-refractivity contribution is -0.124. The molecule has 2 aromatic carbocycles. The van der Waals surface area contributed by atoms with Gasteiger partial charge in [-0.25, -0.2) is 0 Å². The zero-order valence-electron chi connectivity index (χ0n) is 16.5. The lowest BCUT2D eigenvalue weighted by Crippen LogP contribution is -2.52. The zero-order valence-corrected chi connectivity index (χ0v) is 16.5. The van der Waals surface area contributed by atoms with Gasteiger partial charge >= 0.3 is 0 Å². The van der Waals surface area contributed by atoms with Crippen LogP contribution in [0.3, 0.4) is 0 Å². The van der Waals surface area contributed by atoms with Crippen molar-refractivity contribution < 1.29 is 14.3 Å². The highest BCUT2D eigenvalue weighted by Crippen LogP contribution is 2.33. The molecule has 4 N–H and O–H groups in total. The Kier molecular flexibility index (Phi) is 6.90. The monoisotopic (exact) mass is 383 g/mol. The Labute approximate surface area is 166 Å². The third-order valence-corrected chi connectivity index (χ3v) is 5.08. The number of methoxy groups -OCH3 is 2. The molecule has 1 heterocycles. The van der Waals surface area contributed by atoms with Crippen LogP contribution in [0.4, 0.5) is 0 Å².